The van der Waals surface area contributed by atoms with Crippen LogP contribution in [0.25, 0.3) is 0 Å². The van der Waals surface area contributed by atoms with E-state index in [-0.39, 0.29) is 17.1 Å². The van der Waals surface area contributed by atoms with Gasteiger partial charge in [-0.2, -0.15) is 13.2 Å². The van der Waals surface area contributed by atoms with Gasteiger partial charge in [-0.15, -0.1) is 0 Å². The second kappa shape index (κ2) is 6.59. The maximum Gasteiger partial charge on any atom is 0.422 e. The Labute approximate surface area is 149 Å². The number of alkyl halides is 3. The number of Topliss-reactive ketones (excluding diaryl/α,β-unsaturated/α-hetero) is 1. The molecule has 1 atom stereocenters. The normalized spacial score (nSPS) is 22.6. The van der Waals surface area contributed by atoms with E-state index >= 15 is 0 Å². The molecule has 26 heavy (non-hydrogen) atoms. The Bertz CT molecular complexity index is 733. The van der Waals surface area contributed by atoms with Gasteiger partial charge in [0, 0.05) is 5.56 Å². The summed E-state index contributed by atoms with van der Waals surface area (Å²) in [4.78, 5) is 25.6. The van der Waals surface area contributed by atoms with E-state index in [0.717, 1.165) is 19.3 Å². The highest BCUT2D eigenvalue weighted by Crippen LogP contribution is 2.46. The molecule has 3 rings (SSSR count). The average molecular weight is 370 g/mol. The number of aryl methyl sites for hydroxylation is 2. The van der Waals surface area contributed by atoms with Crippen molar-refractivity contribution >= 4 is 11.8 Å². The van der Waals surface area contributed by atoms with Crippen LogP contribution in [0.15, 0.2) is 12.1 Å². The predicted molar refractivity (Wildman–Crippen MR) is 87.1 cm³/mol. The zero-order valence-corrected chi connectivity index (χ0v) is 14.7. The van der Waals surface area contributed by atoms with E-state index in [1.165, 1.54) is 6.07 Å². The maximum absolute atomic E-state index is 13.1. The van der Waals surface area contributed by atoms with Crippen molar-refractivity contribution in [3.8, 4) is 5.75 Å². The second-order valence-corrected chi connectivity index (χ2v) is 7.17. The molecule has 2 fully saturated rings. The number of carbonyl (C=O) groups is 2. The molecule has 142 valence electrons. The first-order valence-corrected chi connectivity index (χ1v) is 8.71. The van der Waals surface area contributed by atoms with E-state index in [2.05, 4.69) is 0 Å². The first kappa shape index (κ1) is 18.7. The molecule has 1 aromatic rings. The van der Waals surface area contributed by atoms with Crippen LogP contribution < -0.4 is 4.74 Å². The summed E-state index contributed by atoms with van der Waals surface area (Å²) in [6.07, 6.45) is -1.03. The second-order valence-electron chi connectivity index (χ2n) is 7.17. The summed E-state index contributed by atoms with van der Waals surface area (Å²) in [5.41, 5.74) is 0.302. The third kappa shape index (κ3) is 3.44. The van der Waals surface area contributed by atoms with E-state index in [0.29, 0.717) is 24.0 Å². The lowest BCUT2D eigenvalue weighted by Gasteiger charge is -2.30. The van der Waals surface area contributed by atoms with Gasteiger partial charge >= 0.3 is 12.1 Å². The van der Waals surface area contributed by atoms with Gasteiger partial charge in [0.1, 0.15) is 11.7 Å². The van der Waals surface area contributed by atoms with Gasteiger partial charge in [-0.3, -0.25) is 9.59 Å². The minimum Gasteiger partial charge on any atom is -0.484 e. The molecule has 1 saturated heterocycles. The van der Waals surface area contributed by atoms with Crippen LogP contribution >= 0.6 is 0 Å². The number of hydrogen-bond donors (Lipinski definition) is 0. The number of esters is 1. The monoisotopic (exact) mass is 370 g/mol. The Morgan fingerprint density at radius 2 is 1.81 bits per heavy atom. The van der Waals surface area contributed by atoms with Crippen molar-refractivity contribution in [2.24, 2.45) is 0 Å². The molecular weight excluding hydrogens is 349 g/mol. The predicted octanol–water partition coefficient (Wildman–Crippen LogP) is 4.16. The lowest BCUT2D eigenvalue weighted by molar-refractivity contribution is -0.154. The fourth-order valence-corrected chi connectivity index (χ4v) is 3.98. The smallest absolute Gasteiger partial charge is 0.422 e. The van der Waals surface area contributed by atoms with Gasteiger partial charge in [-0.25, -0.2) is 0 Å². The maximum atomic E-state index is 13.1. The van der Waals surface area contributed by atoms with E-state index in [9.17, 15) is 22.8 Å². The van der Waals surface area contributed by atoms with Gasteiger partial charge in [-0.05, 0) is 56.7 Å². The summed E-state index contributed by atoms with van der Waals surface area (Å²) in [6, 6.07) is 3.16. The molecule has 4 nitrogen and oxygen atoms in total. The molecular formula is C19H21F3O4. The van der Waals surface area contributed by atoms with Crippen LogP contribution in [0.5, 0.6) is 5.75 Å². The summed E-state index contributed by atoms with van der Waals surface area (Å²) in [7, 11) is 0. The topological polar surface area (TPSA) is 52.6 Å². The zero-order chi connectivity index (χ0) is 19.1. The van der Waals surface area contributed by atoms with E-state index in [4.69, 9.17) is 9.47 Å². The Kier molecular flexibility index (Phi) is 4.75. The molecule has 7 heteroatoms. The Morgan fingerprint density at radius 3 is 2.42 bits per heavy atom. The Morgan fingerprint density at radius 1 is 1.15 bits per heavy atom. The molecule has 1 heterocycles. The number of ketones is 1. The fraction of sp³-hybridized carbons (Fsp3) is 0.579. The van der Waals surface area contributed by atoms with Gasteiger partial charge < -0.3 is 9.47 Å². The molecule has 0 bridgehead atoms. The van der Waals surface area contributed by atoms with Crippen LogP contribution in [-0.4, -0.2) is 30.1 Å². The first-order valence-electron chi connectivity index (χ1n) is 8.71. The average Bonchev–Trinajstić information content (AvgIpc) is 2.76. The van der Waals surface area contributed by atoms with Crippen LogP contribution in [0, 0.1) is 13.8 Å². The summed E-state index contributed by atoms with van der Waals surface area (Å²) >= 11 is 0. The molecule has 1 aliphatic heterocycles. The molecule has 0 radical (unpaired) electrons. The van der Waals surface area contributed by atoms with Gasteiger partial charge in [0.15, 0.2) is 18.0 Å². The molecule has 1 saturated carbocycles. The number of halogens is 3. The van der Waals surface area contributed by atoms with Crippen LogP contribution in [0.1, 0.15) is 54.7 Å². The van der Waals surface area contributed by atoms with Crippen LogP contribution in [0.3, 0.4) is 0 Å². The van der Waals surface area contributed by atoms with Gasteiger partial charge in [-0.1, -0.05) is 12.5 Å². The Hall–Kier alpha value is -2.05. The number of hydrogen-bond acceptors (Lipinski definition) is 4. The van der Waals surface area contributed by atoms with Crippen molar-refractivity contribution < 1.29 is 32.2 Å². The van der Waals surface area contributed by atoms with Crippen molar-refractivity contribution in [2.75, 3.05) is 6.61 Å². The SMILES string of the molecule is Cc1cc(C)c(C2C(=O)OC3(CCCCC3)C2=O)c(OCC(F)(F)F)c1. The lowest BCUT2D eigenvalue weighted by atomic mass is 9.77. The molecule has 2 aliphatic rings. The highest BCUT2D eigenvalue weighted by Gasteiger charge is 2.56. The largest absolute Gasteiger partial charge is 0.484 e. The highest BCUT2D eigenvalue weighted by molar-refractivity contribution is 6.14. The molecule has 0 N–H and O–H groups in total. The summed E-state index contributed by atoms with van der Waals surface area (Å²) < 4.78 is 48.3. The number of carbonyl (C=O) groups excluding carboxylic acids is 2. The van der Waals surface area contributed by atoms with Gasteiger partial charge in [0.25, 0.3) is 0 Å². The first-order chi connectivity index (χ1) is 12.1. The van der Waals surface area contributed by atoms with Gasteiger partial charge in [0.05, 0.1) is 0 Å². The number of ether oxygens (including phenoxy) is 2. The summed E-state index contributed by atoms with van der Waals surface area (Å²) in [5, 5.41) is 0. The zero-order valence-electron chi connectivity index (χ0n) is 14.7. The minimum absolute atomic E-state index is 0.0806. The standard InChI is InChI=1S/C19H21F3O4/c1-11-8-12(2)14(13(9-11)25-10-19(20,21)22)15-16(23)18(26-17(15)24)6-4-3-5-7-18/h8-9,15H,3-7,10H2,1-2H3. The molecule has 1 aromatic carbocycles. The van der Waals surface area contributed by atoms with E-state index < -0.39 is 30.3 Å². The van der Waals surface area contributed by atoms with Crippen LogP contribution in [-0.2, 0) is 14.3 Å². The van der Waals surface area contributed by atoms with Crippen molar-refractivity contribution in [3.63, 3.8) is 0 Å². The van der Waals surface area contributed by atoms with Crippen LogP contribution in [0.4, 0.5) is 13.2 Å². The summed E-state index contributed by atoms with van der Waals surface area (Å²) in [5.74, 6) is -2.35. The quantitative estimate of drug-likeness (QED) is 0.592. The number of benzene rings is 1. The summed E-state index contributed by atoms with van der Waals surface area (Å²) in [6.45, 7) is 1.90. The fourth-order valence-electron chi connectivity index (χ4n) is 3.98. The van der Waals surface area contributed by atoms with Crippen molar-refractivity contribution in [2.45, 2.75) is 63.6 Å². The third-order valence-electron chi connectivity index (χ3n) is 5.08. The third-order valence-corrected chi connectivity index (χ3v) is 5.08. The minimum atomic E-state index is -4.51. The Balaban J connectivity index is 2.00. The van der Waals surface area contributed by atoms with Crippen molar-refractivity contribution in [1.82, 2.24) is 0 Å². The molecule has 0 aromatic heterocycles. The molecule has 1 aliphatic carbocycles. The van der Waals surface area contributed by atoms with Crippen molar-refractivity contribution in [1.29, 1.82) is 0 Å². The van der Waals surface area contributed by atoms with E-state index in [1.807, 2.05) is 0 Å². The molecule has 0 amide bonds. The highest BCUT2D eigenvalue weighted by atomic mass is 19.4. The molecule has 1 unspecified atom stereocenters. The number of rotatable bonds is 3. The van der Waals surface area contributed by atoms with Crippen molar-refractivity contribution in [3.05, 3.63) is 28.8 Å². The lowest BCUT2D eigenvalue weighted by Crippen LogP contribution is -2.39. The van der Waals surface area contributed by atoms with E-state index in [1.54, 1.807) is 19.9 Å². The molecule has 1 spiro atoms. The van der Waals surface area contributed by atoms with Crippen LogP contribution in [0.2, 0.25) is 0 Å². The van der Waals surface area contributed by atoms with Gasteiger partial charge in [0.2, 0.25) is 0 Å².